The Hall–Kier alpha value is -2.60. The summed E-state index contributed by atoms with van der Waals surface area (Å²) in [6, 6.07) is 9.23. The van der Waals surface area contributed by atoms with Crippen molar-refractivity contribution >= 4 is 29.1 Å². The average Bonchev–Trinajstić information content (AvgIpc) is 2.71. The number of halogens is 2. The van der Waals surface area contributed by atoms with E-state index in [0.717, 1.165) is 31.5 Å². The van der Waals surface area contributed by atoms with E-state index in [4.69, 9.17) is 11.6 Å². The van der Waals surface area contributed by atoms with E-state index in [-0.39, 0.29) is 29.5 Å². The van der Waals surface area contributed by atoms with Gasteiger partial charge >= 0.3 is 0 Å². The smallest absolute Gasteiger partial charge is 0.257 e. The van der Waals surface area contributed by atoms with Crippen molar-refractivity contribution < 1.29 is 14.0 Å². The molecule has 0 radical (unpaired) electrons. The fraction of sp³-hybridized carbons (Fsp3) is 0.333. The van der Waals surface area contributed by atoms with Crippen molar-refractivity contribution in [1.82, 2.24) is 10.2 Å². The lowest BCUT2D eigenvalue weighted by Gasteiger charge is -2.46. The van der Waals surface area contributed by atoms with Gasteiger partial charge in [-0.3, -0.25) is 9.59 Å². The standard InChI is InChI=1S/C21H21ClFN3O2/c1-25-18-10-13(20(27)24-12-14-5-7-15(23)11-17(14)22)6-8-16(18)21(28)26-9-3-2-4-19(25)26/h5-8,10-11,19H,2-4,9,12H2,1H3,(H,24,27). The van der Waals surface area contributed by atoms with Crippen LogP contribution in [0.1, 0.15) is 45.5 Å². The van der Waals surface area contributed by atoms with Crippen LogP contribution >= 0.6 is 11.6 Å². The zero-order chi connectivity index (χ0) is 19.8. The third-order valence-electron chi connectivity index (χ3n) is 5.50. The molecule has 2 aromatic carbocycles. The topological polar surface area (TPSA) is 52.7 Å². The summed E-state index contributed by atoms with van der Waals surface area (Å²) in [6.07, 6.45) is 3.09. The zero-order valence-corrected chi connectivity index (χ0v) is 16.3. The van der Waals surface area contributed by atoms with Crippen LogP contribution in [0.25, 0.3) is 0 Å². The second-order valence-electron chi connectivity index (χ2n) is 7.24. The van der Waals surface area contributed by atoms with E-state index in [2.05, 4.69) is 10.2 Å². The third kappa shape index (κ3) is 3.33. The Bertz CT molecular complexity index is 949. The van der Waals surface area contributed by atoms with Crippen molar-refractivity contribution in [3.63, 3.8) is 0 Å². The molecule has 2 aliphatic heterocycles. The van der Waals surface area contributed by atoms with E-state index >= 15 is 0 Å². The molecule has 0 spiro atoms. The van der Waals surface area contributed by atoms with Crippen molar-refractivity contribution in [3.05, 3.63) is 63.9 Å². The number of hydrogen-bond acceptors (Lipinski definition) is 3. The number of piperidine rings is 1. The normalized spacial score (nSPS) is 18.5. The first kappa shape index (κ1) is 18.7. The highest BCUT2D eigenvalue weighted by Gasteiger charge is 2.37. The lowest BCUT2D eigenvalue weighted by atomic mass is 9.97. The third-order valence-corrected chi connectivity index (χ3v) is 5.86. The van der Waals surface area contributed by atoms with E-state index in [1.54, 1.807) is 24.3 Å². The second-order valence-corrected chi connectivity index (χ2v) is 7.64. The monoisotopic (exact) mass is 401 g/mol. The van der Waals surface area contributed by atoms with Gasteiger partial charge in [0.2, 0.25) is 0 Å². The van der Waals surface area contributed by atoms with E-state index in [0.29, 0.717) is 16.7 Å². The predicted molar refractivity (Wildman–Crippen MR) is 106 cm³/mol. The fourth-order valence-corrected chi connectivity index (χ4v) is 4.19. The molecular weight excluding hydrogens is 381 g/mol. The average molecular weight is 402 g/mol. The number of anilines is 1. The van der Waals surface area contributed by atoms with Crippen molar-refractivity contribution in [2.45, 2.75) is 32.0 Å². The molecule has 5 nitrogen and oxygen atoms in total. The van der Waals surface area contributed by atoms with Crippen LogP contribution in [0.3, 0.4) is 0 Å². The van der Waals surface area contributed by atoms with Crippen molar-refractivity contribution in [1.29, 1.82) is 0 Å². The summed E-state index contributed by atoms with van der Waals surface area (Å²) in [7, 11) is 1.97. The van der Waals surface area contributed by atoms with Gasteiger partial charge in [0.15, 0.2) is 0 Å². The van der Waals surface area contributed by atoms with Crippen LogP contribution in [0.2, 0.25) is 5.02 Å². The Morgan fingerprint density at radius 2 is 2.07 bits per heavy atom. The molecule has 1 saturated heterocycles. The van der Waals surface area contributed by atoms with Crippen LogP contribution in [0.4, 0.5) is 10.1 Å². The van der Waals surface area contributed by atoms with Crippen LogP contribution in [0.5, 0.6) is 0 Å². The Morgan fingerprint density at radius 1 is 1.25 bits per heavy atom. The van der Waals surface area contributed by atoms with Crippen LogP contribution in [-0.4, -0.2) is 36.5 Å². The van der Waals surface area contributed by atoms with Gasteiger partial charge in [-0.2, -0.15) is 0 Å². The summed E-state index contributed by atoms with van der Waals surface area (Å²) in [5, 5.41) is 3.08. The second kappa shape index (κ2) is 7.43. The molecule has 2 heterocycles. The fourth-order valence-electron chi connectivity index (χ4n) is 3.96. The molecule has 1 N–H and O–H groups in total. The maximum atomic E-state index is 13.2. The lowest BCUT2D eigenvalue weighted by molar-refractivity contribution is 0.0589. The molecule has 146 valence electrons. The number of carbonyl (C=O) groups is 2. The minimum Gasteiger partial charge on any atom is -0.354 e. The molecule has 1 unspecified atom stereocenters. The first-order chi connectivity index (χ1) is 13.5. The number of amides is 2. The predicted octanol–water partition coefficient (Wildman–Crippen LogP) is 3.81. The van der Waals surface area contributed by atoms with Gasteiger partial charge in [-0.05, 0) is 55.2 Å². The van der Waals surface area contributed by atoms with Gasteiger partial charge < -0.3 is 15.1 Å². The van der Waals surface area contributed by atoms with Crippen LogP contribution in [-0.2, 0) is 6.54 Å². The minimum absolute atomic E-state index is 0.0304. The molecule has 2 aliphatic rings. The van der Waals surface area contributed by atoms with Crippen molar-refractivity contribution in [2.75, 3.05) is 18.5 Å². The lowest BCUT2D eigenvalue weighted by Crippen LogP contribution is -2.55. The molecule has 4 rings (SSSR count). The highest BCUT2D eigenvalue weighted by Crippen LogP contribution is 2.34. The molecule has 28 heavy (non-hydrogen) atoms. The Kier molecular flexibility index (Phi) is 4.98. The van der Waals surface area contributed by atoms with Gasteiger partial charge in [-0.1, -0.05) is 17.7 Å². The minimum atomic E-state index is -0.417. The number of benzene rings is 2. The molecule has 0 bridgehead atoms. The number of rotatable bonds is 3. The number of fused-ring (bicyclic) bond motifs is 2. The zero-order valence-electron chi connectivity index (χ0n) is 15.5. The van der Waals surface area contributed by atoms with Crippen molar-refractivity contribution in [3.8, 4) is 0 Å². The largest absolute Gasteiger partial charge is 0.354 e. The summed E-state index contributed by atoms with van der Waals surface area (Å²) in [6.45, 7) is 0.966. The maximum Gasteiger partial charge on any atom is 0.257 e. The van der Waals surface area contributed by atoms with Gasteiger partial charge in [0.25, 0.3) is 11.8 Å². The summed E-state index contributed by atoms with van der Waals surface area (Å²) in [5.74, 6) is -0.655. The van der Waals surface area contributed by atoms with Crippen molar-refractivity contribution in [2.24, 2.45) is 0 Å². The summed E-state index contributed by atoms with van der Waals surface area (Å²) >= 11 is 6.01. The highest BCUT2D eigenvalue weighted by atomic mass is 35.5. The molecule has 2 amide bonds. The highest BCUT2D eigenvalue weighted by molar-refractivity contribution is 6.31. The quantitative estimate of drug-likeness (QED) is 0.850. The Labute approximate surface area is 168 Å². The Balaban J connectivity index is 1.54. The molecule has 0 aromatic heterocycles. The van der Waals surface area contributed by atoms with Gasteiger partial charge in [0, 0.05) is 30.7 Å². The van der Waals surface area contributed by atoms with E-state index in [1.165, 1.54) is 12.1 Å². The number of hydrogen-bond donors (Lipinski definition) is 1. The number of nitrogens with zero attached hydrogens (tertiary/aromatic N) is 2. The molecule has 0 aliphatic carbocycles. The van der Waals surface area contributed by atoms with E-state index in [1.807, 2.05) is 11.9 Å². The molecule has 1 fully saturated rings. The Morgan fingerprint density at radius 3 is 2.86 bits per heavy atom. The molecule has 0 saturated carbocycles. The maximum absolute atomic E-state index is 13.2. The van der Waals surface area contributed by atoms with E-state index < -0.39 is 5.82 Å². The van der Waals surface area contributed by atoms with Gasteiger partial charge in [0.05, 0.1) is 11.3 Å². The summed E-state index contributed by atoms with van der Waals surface area (Å²) in [5.41, 5.74) is 2.51. The van der Waals surface area contributed by atoms with Crippen LogP contribution < -0.4 is 10.2 Å². The van der Waals surface area contributed by atoms with Gasteiger partial charge in [-0.25, -0.2) is 4.39 Å². The SMILES string of the molecule is CN1c2cc(C(=O)NCc3ccc(F)cc3Cl)ccc2C(=O)N2CCCCC21. The summed E-state index contributed by atoms with van der Waals surface area (Å²) < 4.78 is 13.2. The van der Waals surface area contributed by atoms with Gasteiger partial charge in [-0.15, -0.1) is 0 Å². The van der Waals surface area contributed by atoms with Crippen LogP contribution in [0, 0.1) is 5.82 Å². The molecule has 7 heteroatoms. The first-order valence-corrected chi connectivity index (χ1v) is 9.73. The molecule has 2 aromatic rings. The molecule has 1 atom stereocenters. The van der Waals surface area contributed by atoms with E-state index in [9.17, 15) is 14.0 Å². The molecular formula is C21H21ClFN3O2. The summed E-state index contributed by atoms with van der Waals surface area (Å²) in [4.78, 5) is 29.4. The van der Waals surface area contributed by atoms with Gasteiger partial charge in [0.1, 0.15) is 12.0 Å². The first-order valence-electron chi connectivity index (χ1n) is 9.35. The number of nitrogens with one attached hydrogen (secondary N) is 1. The number of carbonyl (C=O) groups excluding carboxylic acids is 2. The van der Waals surface area contributed by atoms with Crippen LogP contribution in [0.15, 0.2) is 36.4 Å².